The maximum Gasteiger partial charge on any atom is 0.123 e. The molecule has 0 spiro atoms. The summed E-state index contributed by atoms with van der Waals surface area (Å²) in [5.74, 6) is 5.26. The van der Waals surface area contributed by atoms with Gasteiger partial charge < -0.3 is 0 Å². The summed E-state index contributed by atoms with van der Waals surface area (Å²) in [6.07, 6.45) is 2.57. The Balaban J connectivity index is 2.13. The molecule has 3 N–H and O–H groups in total. The Morgan fingerprint density at radius 2 is 2.12 bits per heavy atom. The summed E-state index contributed by atoms with van der Waals surface area (Å²) in [4.78, 5) is 5.15. The van der Waals surface area contributed by atoms with Crippen LogP contribution in [0.25, 0.3) is 0 Å². The predicted molar refractivity (Wildman–Crippen MR) is 62.3 cm³/mol. The number of rotatable bonds is 4. The van der Waals surface area contributed by atoms with E-state index in [4.69, 9.17) is 5.84 Å². The van der Waals surface area contributed by atoms with Crippen molar-refractivity contribution in [1.82, 2.24) is 10.4 Å². The van der Waals surface area contributed by atoms with Gasteiger partial charge in [-0.1, -0.05) is 12.1 Å². The summed E-state index contributed by atoms with van der Waals surface area (Å²) in [6, 6.07) is 6.33. The summed E-state index contributed by atoms with van der Waals surface area (Å²) in [6.45, 7) is 0. The van der Waals surface area contributed by atoms with Crippen molar-refractivity contribution < 1.29 is 4.39 Å². The van der Waals surface area contributed by atoms with E-state index in [-0.39, 0.29) is 11.9 Å². The van der Waals surface area contributed by atoms with Gasteiger partial charge in [-0.05, 0) is 17.7 Å². The van der Waals surface area contributed by atoms with Crippen LogP contribution < -0.4 is 11.3 Å². The third-order valence-electron chi connectivity index (χ3n) is 2.36. The third-order valence-corrected chi connectivity index (χ3v) is 3.16. The average molecular weight is 237 g/mol. The minimum Gasteiger partial charge on any atom is -0.271 e. The van der Waals surface area contributed by atoms with E-state index in [9.17, 15) is 4.39 Å². The zero-order valence-corrected chi connectivity index (χ0v) is 9.38. The molecule has 0 aliphatic rings. The normalized spacial score (nSPS) is 12.6. The van der Waals surface area contributed by atoms with Gasteiger partial charge in [0.15, 0.2) is 0 Å². The fourth-order valence-electron chi connectivity index (χ4n) is 1.51. The van der Waals surface area contributed by atoms with E-state index in [1.165, 1.54) is 12.1 Å². The molecule has 0 amide bonds. The van der Waals surface area contributed by atoms with Gasteiger partial charge in [-0.15, -0.1) is 11.3 Å². The molecular formula is C11H12FN3S. The maximum absolute atomic E-state index is 12.8. The fourth-order valence-corrected chi connectivity index (χ4v) is 2.15. The first-order valence-electron chi connectivity index (χ1n) is 4.88. The number of nitrogens with one attached hydrogen (secondary N) is 1. The second-order valence-electron chi connectivity index (χ2n) is 3.44. The molecule has 0 bridgehead atoms. The molecule has 0 radical (unpaired) electrons. The summed E-state index contributed by atoms with van der Waals surface area (Å²) in [5.41, 5.74) is 5.49. The molecule has 2 aromatic rings. The highest BCUT2D eigenvalue weighted by atomic mass is 32.1. The highest BCUT2D eigenvalue weighted by Gasteiger charge is 2.11. The monoisotopic (exact) mass is 237 g/mol. The maximum atomic E-state index is 12.8. The number of hydrazine groups is 1. The Hall–Kier alpha value is -1.30. The van der Waals surface area contributed by atoms with E-state index in [0.717, 1.165) is 16.9 Å². The quantitative estimate of drug-likeness (QED) is 0.632. The molecular weight excluding hydrogens is 225 g/mol. The first kappa shape index (κ1) is 11.2. The predicted octanol–water partition coefficient (Wildman–Crippen LogP) is 2.03. The average Bonchev–Trinajstić information content (AvgIpc) is 2.80. The molecule has 3 nitrogen and oxygen atoms in total. The summed E-state index contributed by atoms with van der Waals surface area (Å²) in [7, 11) is 0. The van der Waals surface area contributed by atoms with Crippen LogP contribution in [-0.4, -0.2) is 4.98 Å². The Morgan fingerprint density at radius 3 is 2.69 bits per heavy atom. The van der Waals surface area contributed by atoms with Crippen LogP contribution in [0.3, 0.4) is 0 Å². The molecule has 0 fully saturated rings. The lowest BCUT2D eigenvalue weighted by atomic mass is 10.0. The van der Waals surface area contributed by atoms with Crippen molar-refractivity contribution in [3.63, 3.8) is 0 Å². The number of hydrogen-bond donors (Lipinski definition) is 2. The Kier molecular flexibility index (Phi) is 3.61. The van der Waals surface area contributed by atoms with Gasteiger partial charge in [0.1, 0.15) is 5.82 Å². The second-order valence-corrected chi connectivity index (χ2v) is 4.41. The molecule has 0 saturated carbocycles. The first-order chi connectivity index (χ1) is 7.79. The number of nitrogens with two attached hydrogens (primary N) is 1. The zero-order valence-electron chi connectivity index (χ0n) is 8.56. The van der Waals surface area contributed by atoms with Gasteiger partial charge >= 0.3 is 0 Å². The van der Waals surface area contributed by atoms with Gasteiger partial charge in [0.05, 0.1) is 11.6 Å². The standard InChI is InChI=1S/C11H12FN3S/c12-9-3-1-8(2-4-9)11(15-13)5-10-6-14-7-16-10/h1-4,6-7,11,15H,5,13H2. The SMILES string of the molecule is NNC(Cc1cncs1)c1ccc(F)cc1. The van der Waals surface area contributed by atoms with Gasteiger partial charge in [-0.3, -0.25) is 16.3 Å². The van der Waals surface area contributed by atoms with Crippen molar-refractivity contribution >= 4 is 11.3 Å². The van der Waals surface area contributed by atoms with Crippen molar-refractivity contribution in [2.75, 3.05) is 0 Å². The van der Waals surface area contributed by atoms with E-state index in [1.807, 2.05) is 6.20 Å². The summed E-state index contributed by atoms with van der Waals surface area (Å²) < 4.78 is 12.8. The van der Waals surface area contributed by atoms with Crippen LogP contribution in [0.2, 0.25) is 0 Å². The van der Waals surface area contributed by atoms with Crippen LogP contribution in [0.1, 0.15) is 16.5 Å². The number of hydrogen-bond acceptors (Lipinski definition) is 4. The molecule has 1 atom stereocenters. The van der Waals surface area contributed by atoms with Gasteiger partial charge in [-0.25, -0.2) is 4.39 Å². The lowest BCUT2D eigenvalue weighted by Crippen LogP contribution is -2.29. The number of nitrogens with zero attached hydrogens (tertiary/aromatic N) is 1. The van der Waals surface area contributed by atoms with Gasteiger partial charge in [0, 0.05) is 17.5 Å². The topological polar surface area (TPSA) is 50.9 Å². The van der Waals surface area contributed by atoms with Crippen molar-refractivity contribution in [3.05, 3.63) is 52.2 Å². The van der Waals surface area contributed by atoms with E-state index in [2.05, 4.69) is 10.4 Å². The van der Waals surface area contributed by atoms with Crippen LogP contribution in [0.4, 0.5) is 4.39 Å². The molecule has 1 unspecified atom stereocenters. The lowest BCUT2D eigenvalue weighted by molar-refractivity contribution is 0.552. The third kappa shape index (κ3) is 2.63. The van der Waals surface area contributed by atoms with Gasteiger partial charge in [0.25, 0.3) is 0 Å². The van der Waals surface area contributed by atoms with E-state index < -0.39 is 0 Å². The van der Waals surface area contributed by atoms with E-state index in [0.29, 0.717) is 0 Å². The first-order valence-corrected chi connectivity index (χ1v) is 5.76. The summed E-state index contributed by atoms with van der Waals surface area (Å²) >= 11 is 1.58. The van der Waals surface area contributed by atoms with Crippen LogP contribution >= 0.6 is 11.3 Å². The number of aromatic nitrogens is 1. The lowest BCUT2D eigenvalue weighted by Gasteiger charge is -2.14. The molecule has 16 heavy (non-hydrogen) atoms. The van der Waals surface area contributed by atoms with Crippen LogP contribution in [-0.2, 0) is 6.42 Å². The largest absolute Gasteiger partial charge is 0.271 e. The van der Waals surface area contributed by atoms with E-state index >= 15 is 0 Å². The van der Waals surface area contributed by atoms with Gasteiger partial charge in [-0.2, -0.15) is 0 Å². The van der Waals surface area contributed by atoms with Crippen molar-refractivity contribution in [2.24, 2.45) is 5.84 Å². The highest BCUT2D eigenvalue weighted by Crippen LogP contribution is 2.19. The second kappa shape index (κ2) is 5.16. The fraction of sp³-hybridized carbons (Fsp3) is 0.182. The molecule has 0 aliphatic carbocycles. The van der Waals surface area contributed by atoms with Crippen LogP contribution in [0.15, 0.2) is 36.0 Å². The molecule has 84 valence electrons. The molecule has 1 aromatic carbocycles. The Labute approximate surface area is 97.1 Å². The van der Waals surface area contributed by atoms with Crippen molar-refractivity contribution in [2.45, 2.75) is 12.5 Å². The minimum atomic E-state index is -0.239. The molecule has 1 aromatic heterocycles. The van der Waals surface area contributed by atoms with Gasteiger partial charge in [0.2, 0.25) is 0 Å². The number of halogens is 1. The smallest absolute Gasteiger partial charge is 0.123 e. The molecule has 5 heteroatoms. The van der Waals surface area contributed by atoms with E-state index in [1.54, 1.807) is 29.0 Å². The molecule has 2 rings (SSSR count). The summed E-state index contributed by atoms with van der Waals surface area (Å²) in [5, 5.41) is 0. The van der Waals surface area contributed by atoms with Crippen LogP contribution in [0.5, 0.6) is 0 Å². The Morgan fingerprint density at radius 1 is 1.38 bits per heavy atom. The highest BCUT2D eigenvalue weighted by molar-refractivity contribution is 7.09. The number of thiazole rings is 1. The molecule has 1 heterocycles. The molecule has 0 saturated heterocycles. The number of benzene rings is 1. The van der Waals surface area contributed by atoms with Crippen LogP contribution in [0, 0.1) is 5.82 Å². The van der Waals surface area contributed by atoms with Crippen molar-refractivity contribution in [3.8, 4) is 0 Å². The minimum absolute atomic E-state index is 0.0129. The van der Waals surface area contributed by atoms with Crippen molar-refractivity contribution in [1.29, 1.82) is 0 Å². The zero-order chi connectivity index (χ0) is 11.4. The molecule has 0 aliphatic heterocycles. The Bertz CT molecular complexity index is 427.